The van der Waals surface area contributed by atoms with Crippen LogP contribution < -0.4 is 10.6 Å². The third kappa shape index (κ3) is 7.08. The van der Waals surface area contributed by atoms with Gasteiger partial charge in [-0.1, -0.05) is 13.8 Å². The molecule has 5 nitrogen and oxygen atoms in total. The molecule has 1 aliphatic carbocycles. The Morgan fingerprint density at radius 2 is 1.83 bits per heavy atom. The molecule has 1 heterocycles. The minimum atomic E-state index is 0.851. The quantitative estimate of drug-likeness (QED) is 0.385. The summed E-state index contributed by atoms with van der Waals surface area (Å²) in [4.78, 5) is 9.50. The molecule has 2 rings (SSSR count). The number of piperidine rings is 1. The monoisotopic (exact) mass is 323 g/mol. The zero-order chi connectivity index (χ0) is 16.5. The first-order valence-corrected chi connectivity index (χ1v) is 9.63. The van der Waals surface area contributed by atoms with Crippen molar-refractivity contribution in [1.82, 2.24) is 20.4 Å². The van der Waals surface area contributed by atoms with Gasteiger partial charge in [-0.25, -0.2) is 0 Å². The average molecular weight is 324 g/mol. The van der Waals surface area contributed by atoms with Crippen molar-refractivity contribution in [3.8, 4) is 0 Å². The topological polar surface area (TPSA) is 42.9 Å². The molecule has 0 aromatic carbocycles. The summed E-state index contributed by atoms with van der Waals surface area (Å²) in [6.07, 6.45) is 6.70. The fourth-order valence-corrected chi connectivity index (χ4v) is 3.37. The zero-order valence-electron chi connectivity index (χ0n) is 15.5. The highest BCUT2D eigenvalue weighted by molar-refractivity contribution is 5.79. The van der Waals surface area contributed by atoms with E-state index in [1.807, 2.05) is 7.05 Å². The number of rotatable bonds is 9. The molecular formula is C18H37N5. The molecule has 0 spiro atoms. The molecule has 0 atom stereocenters. The molecular weight excluding hydrogens is 286 g/mol. The van der Waals surface area contributed by atoms with Crippen LogP contribution in [0.2, 0.25) is 0 Å². The van der Waals surface area contributed by atoms with E-state index in [4.69, 9.17) is 0 Å². The van der Waals surface area contributed by atoms with Crippen molar-refractivity contribution in [3.05, 3.63) is 0 Å². The summed E-state index contributed by atoms with van der Waals surface area (Å²) < 4.78 is 0. The second kappa shape index (κ2) is 10.1. The van der Waals surface area contributed by atoms with Crippen LogP contribution in [-0.2, 0) is 0 Å². The minimum absolute atomic E-state index is 0.851. The molecule has 1 saturated carbocycles. The first-order chi connectivity index (χ1) is 11.2. The molecule has 0 aromatic rings. The molecule has 0 radical (unpaired) electrons. The Kier molecular flexibility index (Phi) is 8.17. The Labute approximate surface area is 142 Å². The van der Waals surface area contributed by atoms with E-state index in [1.165, 1.54) is 51.7 Å². The molecule has 2 N–H and O–H groups in total. The second-order valence-electron chi connectivity index (χ2n) is 7.16. The molecule has 0 unspecified atom stereocenters. The first-order valence-electron chi connectivity index (χ1n) is 9.63. The summed E-state index contributed by atoms with van der Waals surface area (Å²) in [5.41, 5.74) is 0. The van der Waals surface area contributed by atoms with Crippen molar-refractivity contribution in [2.75, 3.05) is 52.9 Å². The fourth-order valence-electron chi connectivity index (χ4n) is 3.37. The van der Waals surface area contributed by atoms with Gasteiger partial charge in [-0.2, -0.15) is 0 Å². The fraction of sp³-hybridized carbons (Fsp3) is 0.944. The SMILES string of the molecule is CCN(CCNC(=NC)NCCCN1CCC(C)CC1)C1CC1. The predicted octanol–water partition coefficient (Wildman–Crippen LogP) is 1.76. The lowest BCUT2D eigenvalue weighted by Crippen LogP contribution is -2.43. The van der Waals surface area contributed by atoms with Gasteiger partial charge in [0.05, 0.1) is 0 Å². The molecule has 134 valence electrons. The molecule has 0 bridgehead atoms. The van der Waals surface area contributed by atoms with E-state index in [-0.39, 0.29) is 0 Å². The Bertz CT molecular complexity index is 345. The number of likely N-dealkylation sites (N-methyl/N-ethyl adjacent to an activating group) is 1. The van der Waals surface area contributed by atoms with Gasteiger partial charge >= 0.3 is 0 Å². The standard InChI is InChI=1S/C18H37N5/c1-4-23(17-6-7-17)15-11-21-18(19-3)20-10-5-12-22-13-8-16(2)9-14-22/h16-17H,4-15H2,1-3H3,(H2,19,20,21). The molecule has 2 aliphatic rings. The van der Waals surface area contributed by atoms with E-state index in [2.05, 4.69) is 39.3 Å². The van der Waals surface area contributed by atoms with Crippen LogP contribution >= 0.6 is 0 Å². The lowest BCUT2D eigenvalue weighted by molar-refractivity contribution is 0.191. The van der Waals surface area contributed by atoms with Crippen molar-refractivity contribution >= 4 is 5.96 Å². The van der Waals surface area contributed by atoms with Crippen molar-refractivity contribution < 1.29 is 0 Å². The molecule has 2 fully saturated rings. The Morgan fingerprint density at radius 3 is 2.43 bits per heavy atom. The van der Waals surface area contributed by atoms with E-state index in [0.717, 1.165) is 44.1 Å². The van der Waals surface area contributed by atoms with Gasteiger partial charge in [-0.3, -0.25) is 9.89 Å². The zero-order valence-corrected chi connectivity index (χ0v) is 15.5. The van der Waals surface area contributed by atoms with Crippen molar-refractivity contribution in [2.24, 2.45) is 10.9 Å². The van der Waals surface area contributed by atoms with Crippen LogP contribution in [0.5, 0.6) is 0 Å². The second-order valence-corrected chi connectivity index (χ2v) is 7.16. The number of nitrogens with zero attached hydrogens (tertiary/aromatic N) is 3. The Morgan fingerprint density at radius 1 is 1.13 bits per heavy atom. The smallest absolute Gasteiger partial charge is 0.191 e. The highest BCUT2D eigenvalue weighted by atomic mass is 15.2. The van der Waals surface area contributed by atoms with Gasteiger partial charge in [0.25, 0.3) is 0 Å². The van der Waals surface area contributed by atoms with Gasteiger partial charge in [0.2, 0.25) is 0 Å². The predicted molar refractivity (Wildman–Crippen MR) is 99.1 cm³/mol. The van der Waals surface area contributed by atoms with Crippen molar-refractivity contribution in [3.63, 3.8) is 0 Å². The van der Waals surface area contributed by atoms with Crippen LogP contribution in [0.25, 0.3) is 0 Å². The van der Waals surface area contributed by atoms with Gasteiger partial charge in [-0.05, 0) is 64.2 Å². The maximum atomic E-state index is 4.33. The highest BCUT2D eigenvalue weighted by Crippen LogP contribution is 2.25. The molecule has 1 aliphatic heterocycles. The largest absolute Gasteiger partial charge is 0.356 e. The Balaban J connectivity index is 1.51. The van der Waals surface area contributed by atoms with E-state index < -0.39 is 0 Å². The van der Waals surface area contributed by atoms with E-state index >= 15 is 0 Å². The number of aliphatic imine (C=N–C) groups is 1. The van der Waals surface area contributed by atoms with E-state index in [9.17, 15) is 0 Å². The van der Waals surface area contributed by atoms with Crippen LogP contribution in [0.3, 0.4) is 0 Å². The highest BCUT2D eigenvalue weighted by Gasteiger charge is 2.27. The van der Waals surface area contributed by atoms with Crippen LogP contribution in [0.1, 0.15) is 46.0 Å². The van der Waals surface area contributed by atoms with Crippen molar-refractivity contribution in [1.29, 1.82) is 0 Å². The number of nitrogens with one attached hydrogen (secondary N) is 2. The Hall–Kier alpha value is -0.810. The summed E-state index contributed by atoms with van der Waals surface area (Å²) in [5.74, 6) is 1.87. The molecule has 0 aromatic heterocycles. The van der Waals surface area contributed by atoms with Crippen LogP contribution in [0.15, 0.2) is 4.99 Å². The summed E-state index contributed by atoms with van der Waals surface area (Å²) in [5, 5.41) is 6.89. The molecule has 5 heteroatoms. The summed E-state index contributed by atoms with van der Waals surface area (Å²) in [6, 6.07) is 0.851. The summed E-state index contributed by atoms with van der Waals surface area (Å²) in [7, 11) is 1.86. The summed E-state index contributed by atoms with van der Waals surface area (Å²) in [6.45, 7) is 12.7. The van der Waals surface area contributed by atoms with Gasteiger partial charge in [0.1, 0.15) is 0 Å². The first kappa shape index (κ1) is 18.5. The van der Waals surface area contributed by atoms with Crippen LogP contribution in [0.4, 0.5) is 0 Å². The van der Waals surface area contributed by atoms with Gasteiger partial charge in [0, 0.05) is 32.7 Å². The number of hydrogen-bond acceptors (Lipinski definition) is 3. The summed E-state index contributed by atoms with van der Waals surface area (Å²) >= 11 is 0. The third-order valence-electron chi connectivity index (χ3n) is 5.20. The number of likely N-dealkylation sites (tertiary alicyclic amines) is 1. The van der Waals surface area contributed by atoms with Gasteiger partial charge in [0.15, 0.2) is 5.96 Å². The molecule has 0 amide bonds. The molecule has 1 saturated heterocycles. The normalized spacial score (nSPS) is 21.0. The van der Waals surface area contributed by atoms with E-state index in [0.29, 0.717) is 0 Å². The average Bonchev–Trinajstić information content (AvgIpc) is 3.40. The van der Waals surface area contributed by atoms with E-state index in [1.54, 1.807) is 0 Å². The van der Waals surface area contributed by atoms with Crippen LogP contribution in [0, 0.1) is 5.92 Å². The van der Waals surface area contributed by atoms with Crippen molar-refractivity contribution in [2.45, 2.75) is 52.0 Å². The van der Waals surface area contributed by atoms with Gasteiger partial charge in [-0.15, -0.1) is 0 Å². The number of hydrogen-bond donors (Lipinski definition) is 2. The van der Waals surface area contributed by atoms with Crippen LogP contribution in [-0.4, -0.2) is 74.7 Å². The lowest BCUT2D eigenvalue weighted by Gasteiger charge is -2.30. The maximum absolute atomic E-state index is 4.33. The lowest BCUT2D eigenvalue weighted by atomic mass is 9.99. The number of guanidine groups is 1. The maximum Gasteiger partial charge on any atom is 0.191 e. The van der Waals surface area contributed by atoms with Gasteiger partial charge < -0.3 is 15.5 Å². The minimum Gasteiger partial charge on any atom is -0.356 e. The molecule has 23 heavy (non-hydrogen) atoms. The third-order valence-corrected chi connectivity index (χ3v) is 5.20.